The largest absolute Gasteiger partial charge is 0.284 e. The van der Waals surface area contributed by atoms with Gasteiger partial charge in [0.05, 0.1) is 23.8 Å². The van der Waals surface area contributed by atoms with Crippen molar-refractivity contribution in [3.05, 3.63) is 117 Å². The fraction of sp³-hybridized carbons (Fsp3) is 0.0909. The first-order valence-electron chi connectivity index (χ1n) is 8.86. The van der Waals surface area contributed by atoms with Crippen molar-refractivity contribution in [1.82, 2.24) is 19.1 Å². The molecular formula is C22H20F2N4O2. The van der Waals surface area contributed by atoms with E-state index in [1.807, 2.05) is 0 Å². The molecule has 3 heterocycles. The van der Waals surface area contributed by atoms with Crippen LogP contribution in [0.2, 0.25) is 0 Å². The van der Waals surface area contributed by atoms with E-state index in [2.05, 4.69) is 9.97 Å². The second-order valence-corrected chi connectivity index (χ2v) is 6.24. The zero-order valence-corrected chi connectivity index (χ0v) is 16.4. The minimum atomic E-state index is -0.303. The number of hydrogen-bond donors (Lipinski definition) is 0. The predicted molar refractivity (Wildman–Crippen MR) is 112 cm³/mol. The highest BCUT2D eigenvalue weighted by Gasteiger charge is 2.02. The first-order valence-corrected chi connectivity index (χ1v) is 8.86. The van der Waals surface area contributed by atoms with E-state index in [1.54, 1.807) is 75.0 Å². The second-order valence-electron chi connectivity index (χ2n) is 6.24. The lowest BCUT2D eigenvalue weighted by Gasteiger charge is -2.05. The summed E-state index contributed by atoms with van der Waals surface area (Å²) in [6.45, 7) is 3.49. The molecule has 8 heteroatoms. The van der Waals surface area contributed by atoms with Gasteiger partial charge in [-0.1, -0.05) is 18.2 Å². The summed E-state index contributed by atoms with van der Waals surface area (Å²) in [7, 11) is 0. The number of benzene rings is 1. The van der Waals surface area contributed by atoms with E-state index in [0.29, 0.717) is 22.8 Å². The summed E-state index contributed by atoms with van der Waals surface area (Å²) in [4.78, 5) is 30.9. The zero-order chi connectivity index (χ0) is 20.8. The van der Waals surface area contributed by atoms with Crippen LogP contribution in [0.1, 0.15) is 11.4 Å². The number of nitrogens with zero attached hydrogens (tertiary/aromatic N) is 4. The van der Waals surface area contributed by atoms with Crippen LogP contribution in [0.25, 0.3) is 11.4 Å². The average Bonchev–Trinajstić information content (AvgIpc) is 2.72. The molecule has 30 heavy (non-hydrogen) atoms. The standard InChI is InChI=1S/C12H10FNO.C10H9N3O.FH/c1-9-5-6-10(8-11(9)13)14-7-3-2-4-12(14)15;1-8-11-6-9(7-12-8)13-5-3-2-4-10(13)14;/h2-8H,1H3;2-7H,1H3;1H. The zero-order valence-electron chi connectivity index (χ0n) is 16.4. The maximum Gasteiger partial charge on any atom is 0.255 e. The van der Waals surface area contributed by atoms with E-state index >= 15 is 0 Å². The van der Waals surface area contributed by atoms with Gasteiger partial charge in [0.2, 0.25) is 0 Å². The Hall–Kier alpha value is -3.94. The molecule has 154 valence electrons. The van der Waals surface area contributed by atoms with Gasteiger partial charge in [-0.05, 0) is 43.7 Å². The molecule has 0 radical (unpaired) electrons. The summed E-state index contributed by atoms with van der Waals surface area (Å²) in [6, 6.07) is 14.6. The molecule has 0 spiro atoms. The van der Waals surface area contributed by atoms with Crippen LogP contribution in [0.15, 0.2) is 89.0 Å². The third kappa shape index (κ3) is 5.32. The Morgan fingerprint density at radius 1 is 0.767 bits per heavy atom. The minimum absolute atomic E-state index is 0. The molecule has 3 aromatic heterocycles. The molecule has 0 aliphatic carbocycles. The van der Waals surface area contributed by atoms with Crippen LogP contribution in [-0.2, 0) is 0 Å². The van der Waals surface area contributed by atoms with Gasteiger partial charge in [-0.15, -0.1) is 0 Å². The van der Waals surface area contributed by atoms with Crippen LogP contribution >= 0.6 is 0 Å². The number of rotatable bonds is 2. The summed E-state index contributed by atoms with van der Waals surface area (Å²) >= 11 is 0. The smallest absolute Gasteiger partial charge is 0.255 e. The number of hydrogen-bond acceptors (Lipinski definition) is 4. The third-order valence-electron chi connectivity index (χ3n) is 4.12. The van der Waals surface area contributed by atoms with Crippen molar-refractivity contribution in [2.75, 3.05) is 0 Å². The lowest BCUT2D eigenvalue weighted by Crippen LogP contribution is -2.15. The third-order valence-corrected chi connectivity index (χ3v) is 4.12. The van der Waals surface area contributed by atoms with E-state index in [-0.39, 0.29) is 21.6 Å². The highest BCUT2D eigenvalue weighted by molar-refractivity contribution is 5.35. The molecule has 4 aromatic rings. The van der Waals surface area contributed by atoms with Crippen molar-refractivity contribution in [1.29, 1.82) is 0 Å². The predicted octanol–water partition coefficient (Wildman–Crippen LogP) is 3.37. The molecule has 0 atom stereocenters. The van der Waals surface area contributed by atoms with Gasteiger partial charge < -0.3 is 0 Å². The van der Waals surface area contributed by atoms with Crippen molar-refractivity contribution in [3.8, 4) is 11.4 Å². The topological polar surface area (TPSA) is 69.8 Å². The second kappa shape index (κ2) is 10.0. The maximum atomic E-state index is 13.3. The maximum absolute atomic E-state index is 13.3. The van der Waals surface area contributed by atoms with Crippen molar-refractivity contribution in [2.24, 2.45) is 0 Å². The van der Waals surface area contributed by atoms with Gasteiger partial charge in [0.25, 0.3) is 11.1 Å². The van der Waals surface area contributed by atoms with Crippen molar-refractivity contribution >= 4 is 0 Å². The molecule has 0 unspecified atom stereocenters. The van der Waals surface area contributed by atoms with Gasteiger partial charge >= 0.3 is 0 Å². The number of pyridine rings is 2. The molecule has 0 N–H and O–H groups in total. The van der Waals surface area contributed by atoms with Crippen LogP contribution in [0, 0.1) is 19.7 Å². The highest BCUT2D eigenvalue weighted by atomic mass is 19.1. The summed E-state index contributed by atoms with van der Waals surface area (Å²) < 4.78 is 16.2. The van der Waals surface area contributed by atoms with Gasteiger partial charge in [0.1, 0.15) is 11.6 Å². The molecule has 0 fully saturated rings. The summed E-state index contributed by atoms with van der Waals surface area (Å²) in [5, 5.41) is 0. The summed E-state index contributed by atoms with van der Waals surface area (Å²) in [5.41, 5.74) is 1.55. The first kappa shape index (κ1) is 22.4. The molecule has 1 aromatic carbocycles. The fourth-order valence-corrected chi connectivity index (χ4v) is 2.52. The van der Waals surface area contributed by atoms with E-state index < -0.39 is 0 Å². The molecule has 6 nitrogen and oxygen atoms in total. The van der Waals surface area contributed by atoms with Crippen LogP contribution in [0.3, 0.4) is 0 Å². The summed E-state index contributed by atoms with van der Waals surface area (Å²) in [6.07, 6.45) is 6.57. The normalized spacial score (nSPS) is 9.83. The average molecular weight is 410 g/mol. The lowest BCUT2D eigenvalue weighted by molar-refractivity contribution is 0.617. The van der Waals surface area contributed by atoms with Gasteiger partial charge in [-0.3, -0.25) is 23.4 Å². The quantitative estimate of drug-likeness (QED) is 0.508. The Morgan fingerprint density at radius 3 is 1.80 bits per heavy atom. The number of halogens is 2. The van der Waals surface area contributed by atoms with Gasteiger partial charge in [-0.25, -0.2) is 14.4 Å². The van der Waals surface area contributed by atoms with Gasteiger partial charge in [0.15, 0.2) is 0 Å². The van der Waals surface area contributed by atoms with Crippen molar-refractivity contribution in [3.63, 3.8) is 0 Å². The van der Waals surface area contributed by atoms with E-state index in [9.17, 15) is 14.0 Å². The summed E-state index contributed by atoms with van der Waals surface area (Å²) in [5.74, 6) is 0.390. The number of aromatic nitrogens is 4. The molecule has 0 amide bonds. The van der Waals surface area contributed by atoms with Crippen LogP contribution in [0.4, 0.5) is 9.09 Å². The van der Waals surface area contributed by atoms with Crippen LogP contribution in [0.5, 0.6) is 0 Å². The molecular weight excluding hydrogens is 390 g/mol. The first-order chi connectivity index (χ1) is 14.0. The molecule has 4 rings (SSSR count). The van der Waals surface area contributed by atoms with E-state index in [0.717, 1.165) is 0 Å². The Morgan fingerprint density at radius 2 is 1.30 bits per heavy atom. The lowest BCUT2D eigenvalue weighted by atomic mass is 10.2. The Balaban J connectivity index is 0.000000207. The minimum Gasteiger partial charge on any atom is -0.284 e. The van der Waals surface area contributed by atoms with Crippen molar-refractivity contribution in [2.45, 2.75) is 13.8 Å². The fourth-order valence-electron chi connectivity index (χ4n) is 2.52. The molecule has 0 bridgehead atoms. The van der Waals surface area contributed by atoms with Crippen molar-refractivity contribution < 1.29 is 9.09 Å². The van der Waals surface area contributed by atoms with Gasteiger partial charge in [0, 0.05) is 24.5 Å². The van der Waals surface area contributed by atoms with E-state index in [4.69, 9.17) is 0 Å². The SMILES string of the molecule is Cc1ccc(-n2ccccc2=O)cc1F.Cc1ncc(-n2ccccc2=O)cn1.F. The van der Waals surface area contributed by atoms with Gasteiger partial charge in [-0.2, -0.15) is 0 Å². The Labute approximate surface area is 171 Å². The monoisotopic (exact) mass is 410 g/mol. The Kier molecular flexibility index (Phi) is 7.46. The van der Waals surface area contributed by atoms with Crippen LogP contribution < -0.4 is 11.1 Å². The van der Waals surface area contributed by atoms with E-state index in [1.165, 1.54) is 27.3 Å². The molecule has 0 aliphatic heterocycles. The highest BCUT2D eigenvalue weighted by Crippen LogP contribution is 2.11. The molecule has 0 saturated heterocycles. The Bertz CT molecular complexity index is 1230. The van der Waals surface area contributed by atoms with Crippen LogP contribution in [-0.4, -0.2) is 19.1 Å². The molecule has 0 saturated carbocycles. The number of aryl methyl sites for hydroxylation is 2. The molecule has 0 aliphatic rings.